The van der Waals surface area contributed by atoms with Crippen LogP contribution in [0.3, 0.4) is 0 Å². The first kappa shape index (κ1) is 17.5. The van der Waals surface area contributed by atoms with Crippen LogP contribution >= 0.6 is 0 Å². The van der Waals surface area contributed by atoms with E-state index in [-0.39, 0.29) is 11.9 Å². The van der Waals surface area contributed by atoms with Crippen molar-refractivity contribution < 1.29 is 4.79 Å². The van der Waals surface area contributed by atoms with Crippen molar-refractivity contribution in [2.24, 2.45) is 0 Å². The summed E-state index contributed by atoms with van der Waals surface area (Å²) in [6.45, 7) is 5.04. The maximum atomic E-state index is 12.3. The molecule has 1 aliphatic heterocycles. The molecule has 1 heterocycles. The summed E-state index contributed by atoms with van der Waals surface area (Å²) in [7, 11) is 0. The molecule has 1 aliphatic rings. The molecular formula is C21H27N3O. The summed E-state index contributed by atoms with van der Waals surface area (Å²) in [4.78, 5) is 14.7. The van der Waals surface area contributed by atoms with Gasteiger partial charge in [-0.25, -0.2) is 0 Å². The summed E-state index contributed by atoms with van der Waals surface area (Å²) in [5.41, 5.74) is 3.31. The third-order valence-corrected chi connectivity index (χ3v) is 4.59. The van der Waals surface area contributed by atoms with E-state index in [0.29, 0.717) is 6.42 Å². The molecule has 132 valence electrons. The van der Waals surface area contributed by atoms with Crippen LogP contribution in [0.1, 0.15) is 31.7 Å². The second-order valence-corrected chi connectivity index (χ2v) is 6.76. The Hall–Kier alpha value is -2.33. The molecule has 2 aromatic carbocycles. The number of amides is 1. The fraction of sp³-hybridized carbons (Fsp3) is 0.381. The first-order chi connectivity index (χ1) is 12.2. The molecule has 4 heteroatoms. The molecule has 0 aliphatic carbocycles. The highest BCUT2D eigenvalue weighted by atomic mass is 16.1. The van der Waals surface area contributed by atoms with E-state index in [1.54, 1.807) is 0 Å². The van der Waals surface area contributed by atoms with Crippen LogP contribution in [0.2, 0.25) is 0 Å². The Morgan fingerprint density at radius 3 is 2.60 bits per heavy atom. The largest absolute Gasteiger partial charge is 0.371 e. The smallest absolute Gasteiger partial charge is 0.225 e. The van der Waals surface area contributed by atoms with Gasteiger partial charge in [0.25, 0.3) is 0 Å². The fourth-order valence-corrected chi connectivity index (χ4v) is 3.21. The topological polar surface area (TPSA) is 44.4 Å². The molecular weight excluding hydrogens is 310 g/mol. The Morgan fingerprint density at radius 1 is 1.08 bits per heavy atom. The Kier molecular flexibility index (Phi) is 6.07. The first-order valence-electron chi connectivity index (χ1n) is 9.13. The highest BCUT2D eigenvalue weighted by Crippen LogP contribution is 2.23. The molecule has 1 amide bonds. The standard InChI is InChI=1S/C21H27N3O/c1-17(22-16-18-8-3-2-4-9-18)14-21(25)23-19-10-7-11-20(15-19)24-12-5-6-13-24/h2-4,7-11,15,17,22H,5-6,12-14,16H2,1H3,(H,23,25). The fourth-order valence-electron chi connectivity index (χ4n) is 3.21. The van der Waals surface area contributed by atoms with Crippen molar-refractivity contribution in [2.45, 2.75) is 38.8 Å². The van der Waals surface area contributed by atoms with Gasteiger partial charge in [-0.3, -0.25) is 4.79 Å². The number of benzene rings is 2. The molecule has 1 atom stereocenters. The third kappa shape index (κ3) is 5.33. The number of rotatable bonds is 7. The lowest BCUT2D eigenvalue weighted by Gasteiger charge is -2.19. The normalized spacial score (nSPS) is 15.2. The predicted molar refractivity (Wildman–Crippen MR) is 104 cm³/mol. The molecule has 1 unspecified atom stereocenters. The van der Waals surface area contributed by atoms with Crippen LogP contribution in [-0.2, 0) is 11.3 Å². The maximum Gasteiger partial charge on any atom is 0.225 e. The number of hydrogen-bond acceptors (Lipinski definition) is 3. The van der Waals surface area contributed by atoms with Crippen LogP contribution in [-0.4, -0.2) is 25.0 Å². The second kappa shape index (κ2) is 8.67. The molecule has 3 rings (SSSR count). The molecule has 25 heavy (non-hydrogen) atoms. The molecule has 0 saturated carbocycles. The maximum absolute atomic E-state index is 12.3. The van der Waals surface area contributed by atoms with Gasteiger partial charge in [-0.05, 0) is 43.5 Å². The average molecular weight is 337 g/mol. The van der Waals surface area contributed by atoms with Gasteiger partial charge in [0, 0.05) is 43.5 Å². The van der Waals surface area contributed by atoms with Gasteiger partial charge in [0.2, 0.25) is 5.91 Å². The Balaban J connectivity index is 1.47. The number of anilines is 2. The van der Waals surface area contributed by atoms with E-state index in [0.717, 1.165) is 25.3 Å². The molecule has 0 spiro atoms. The predicted octanol–water partition coefficient (Wildman–Crippen LogP) is 3.79. The minimum atomic E-state index is 0.0478. The zero-order chi connectivity index (χ0) is 17.5. The number of hydrogen-bond donors (Lipinski definition) is 2. The zero-order valence-electron chi connectivity index (χ0n) is 14.9. The van der Waals surface area contributed by atoms with Crippen LogP contribution in [0, 0.1) is 0 Å². The minimum absolute atomic E-state index is 0.0478. The van der Waals surface area contributed by atoms with E-state index < -0.39 is 0 Å². The van der Waals surface area contributed by atoms with Crippen LogP contribution in [0.15, 0.2) is 54.6 Å². The van der Waals surface area contributed by atoms with Crippen molar-refractivity contribution in [3.63, 3.8) is 0 Å². The van der Waals surface area contributed by atoms with Crippen LogP contribution in [0.25, 0.3) is 0 Å². The molecule has 4 nitrogen and oxygen atoms in total. The van der Waals surface area contributed by atoms with E-state index >= 15 is 0 Å². The minimum Gasteiger partial charge on any atom is -0.371 e. The Bertz CT molecular complexity index is 681. The lowest BCUT2D eigenvalue weighted by molar-refractivity contribution is -0.116. The summed E-state index contributed by atoms with van der Waals surface area (Å²) in [6.07, 6.45) is 2.96. The molecule has 2 N–H and O–H groups in total. The molecule has 1 saturated heterocycles. The van der Waals surface area contributed by atoms with Gasteiger partial charge in [0.05, 0.1) is 0 Å². The van der Waals surface area contributed by atoms with Gasteiger partial charge in [-0.2, -0.15) is 0 Å². The Morgan fingerprint density at radius 2 is 1.84 bits per heavy atom. The quantitative estimate of drug-likeness (QED) is 0.808. The second-order valence-electron chi connectivity index (χ2n) is 6.76. The van der Waals surface area contributed by atoms with E-state index in [9.17, 15) is 4.79 Å². The van der Waals surface area contributed by atoms with Crippen LogP contribution in [0.5, 0.6) is 0 Å². The monoisotopic (exact) mass is 337 g/mol. The van der Waals surface area contributed by atoms with E-state index in [1.165, 1.54) is 24.1 Å². The van der Waals surface area contributed by atoms with Crippen molar-refractivity contribution in [3.8, 4) is 0 Å². The van der Waals surface area contributed by atoms with Gasteiger partial charge in [-0.15, -0.1) is 0 Å². The average Bonchev–Trinajstić information content (AvgIpc) is 3.16. The lowest BCUT2D eigenvalue weighted by Crippen LogP contribution is -2.30. The lowest BCUT2D eigenvalue weighted by atomic mass is 10.2. The highest BCUT2D eigenvalue weighted by Gasteiger charge is 2.13. The zero-order valence-corrected chi connectivity index (χ0v) is 14.9. The number of nitrogens with one attached hydrogen (secondary N) is 2. The van der Waals surface area contributed by atoms with Crippen LogP contribution < -0.4 is 15.5 Å². The summed E-state index contributed by atoms with van der Waals surface area (Å²) in [6, 6.07) is 18.5. The molecule has 0 radical (unpaired) electrons. The molecule has 2 aromatic rings. The van der Waals surface area contributed by atoms with Gasteiger partial charge in [0.1, 0.15) is 0 Å². The van der Waals surface area contributed by atoms with E-state index in [4.69, 9.17) is 0 Å². The number of nitrogens with zero attached hydrogens (tertiary/aromatic N) is 1. The molecule has 0 bridgehead atoms. The van der Waals surface area contributed by atoms with E-state index in [2.05, 4.69) is 39.8 Å². The van der Waals surface area contributed by atoms with Crippen molar-refractivity contribution in [1.29, 1.82) is 0 Å². The summed E-state index contributed by atoms with van der Waals surface area (Å²) >= 11 is 0. The number of carbonyl (C=O) groups excluding carboxylic acids is 1. The molecule has 0 aromatic heterocycles. The Labute approximate surface area is 150 Å². The molecule has 1 fully saturated rings. The van der Waals surface area contributed by atoms with Crippen molar-refractivity contribution >= 4 is 17.3 Å². The van der Waals surface area contributed by atoms with Gasteiger partial charge in [-0.1, -0.05) is 36.4 Å². The van der Waals surface area contributed by atoms with E-state index in [1.807, 2.05) is 37.3 Å². The summed E-state index contributed by atoms with van der Waals surface area (Å²) in [5.74, 6) is 0.0478. The first-order valence-corrected chi connectivity index (χ1v) is 9.13. The van der Waals surface area contributed by atoms with Gasteiger partial charge < -0.3 is 15.5 Å². The van der Waals surface area contributed by atoms with Crippen LogP contribution in [0.4, 0.5) is 11.4 Å². The van der Waals surface area contributed by atoms with Gasteiger partial charge in [0.15, 0.2) is 0 Å². The number of carbonyl (C=O) groups is 1. The third-order valence-electron chi connectivity index (χ3n) is 4.59. The summed E-state index contributed by atoms with van der Waals surface area (Å²) < 4.78 is 0. The van der Waals surface area contributed by atoms with Crippen molar-refractivity contribution in [1.82, 2.24) is 5.32 Å². The van der Waals surface area contributed by atoms with Crippen molar-refractivity contribution in [2.75, 3.05) is 23.3 Å². The van der Waals surface area contributed by atoms with Gasteiger partial charge >= 0.3 is 0 Å². The van der Waals surface area contributed by atoms with Crippen molar-refractivity contribution in [3.05, 3.63) is 60.2 Å². The SMILES string of the molecule is CC(CC(=O)Nc1cccc(N2CCCC2)c1)NCc1ccccc1. The highest BCUT2D eigenvalue weighted by molar-refractivity contribution is 5.91. The summed E-state index contributed by atoms with van der Waals surface area (Å²) in [5, 5.41) is 6.43.